The van der Waals surface area contributed by atoms with Gasteiger partial charge < -0.3 is 4.98 Å². The van der Waals surface area contributed by atoms with Gasteiger partial charge in [-0.2, -0.15) is 0 Å². The van der Waals surface area contributed by atoms with Crippen molar-refractivity contribution in [3.8, 4) is 0 Å². The Morgan fingerprint density at radius 2 is 2.10 bits per heavy atom. The van der Waals surface area contributed by atoms with Gasteiger partial charge in [0.05, 0.1) is 0 Å². The molecule has 1 heteroatoms. The highest BCUT2D eigenvalue weighted by atomic mass is 14.7. The molecule has 1 aromatic rings. The van der Waals surface area contributed by atoms with Crippen LogP contribution in [0, 0.1) is 6.92 Å². The van der Waals surface area contributed by atoms with Crippen LogP contribution < -0.4 is 10.6 Å². The Morgan fingerprint density at radius 1 is 1.30 bits per heavy atom. The van der Waals surface area contributed by atoms with E-state index in [4.69, 9.17) is 0 Å². The third-order valence-corrected chi connectivity index (χ3v) is 1.89. The number of aromatic nitrogens is 1. The van der Waals surface area contributed by atoms with E-state index in [2.05, 4.69) is 30.1 Å². The molecule has 0 spiro atoms. The lowest BCUT2D eigenvalue weighted by molar-refractivity contribution is 1.10. The molecule has 0 saturated heterocycles. The molecule has 1 aliphatic rings. The molecular weight excluding hydrogens is 122 g/mol. The summed E-state index contributed by atoms with van der Waals surface area (Å²) in [5.41, 5.74) is 1.26. The minimum Gasteiger partial charge on any atom is -0.359 e. The highest BCUT2D eigenvalue weighted by Crippen LogP contribution is 1.94. The average Bonchev–Trinajstić information content (AvgIpc) is 2.27. The van der Waals surface area contributed by atoms with E-state index in [0.717, 1.165) is 0 Å². The smallest absolute Gasteiger partial charge is 0.0412 e. The van der Waals surface area contributed by atoms with Crippen LogP contribution in [0.2, 0.25) is 0 Å². The Hall–Kier alpha value is -0.980. The number of aryl methyl sites for hydroxylation is 1. The molecular formula is C9H11N. The summed E-state index contributed by atoms with van der Waals surface area (Å²) in [6.45, 7) is 2.10. The number of fused-ring (bicyclic) bond motifs is 1. The highest BCUT2D eigenvalue weighted by Gasteiger charge is 1.94. The Bertz CT molecular complexity index is 310. The molecule has 0 aliphatic heterocycles. The maximum Gasteiger partial charge on any atom is 0.0412 e. The lowest BCUT2D eigenvalue weighted by atomic mass is 10.2. The van der Waals surface area contributed by atoms with Crippen LogP contribution in [0.4, 0.5) is 0 Å². The van der Waals surface area contributed by atoms with Gasteiger partial charge in [0.1, 0.15) is 0 Å². The molecule has 2 rings (SSSR count). The predicted octanol–water partition coefficient (Wildman–Crippen LogP) is 0.678. The van der Waals surface area contributed by atoms with Gasteiger partial charge in [0.25, 0.3) is 0 Å². The monoisotopic (exact) mass is 133 g/mol. The van der Waals surface area contributed by atoms with Gasteiger partial charge in [-0.25, -0.2) is 0 Å². The van der Waals surface area contributed by atoms with Crippen LogP contribution >= 0.6 is 0 Å². The van der Waals surface area contributed by atoms with Crippen molar-refractivity contribution in [1.82, 2.24) is 4.98 Å². The number of aromatic amines is 1. The standard InChI is InChI=1S/C9H11N/c1-7-6-8-4-2-3-5-9(8)10-7/h4-6,10H,2-3H2,1H3. The second kappa shape index (κ2) is 2.01. The van der Waals surface area contributed by atoms with Gasteiger partial charge in [-0.3, -0.25) is 0 Å². The van der Waals surface area contributed by atoms with E-state index in [1.807, 2.05) is 0 Å². The number of hydrogen-bond acceptors (Lipinski definition) is 0. The van der Waals surface area contributed by atoms with Crippen LogP contribution in [0.15, 0.2) is 6.07 Å². The fourth-order valence-corrected chi connectivity index (χ4v) is 1.44. The van der Waals surface area contributed by atoms with Crippen LogP contribution in [0.25, 0.3) is 12.2 Å². The first-order chi connectivity index (χ1) is 4.86. The molecule has 1 nitrogen and oxygen atoms in total. The number of rotatable bonds is 0. The SMILES string of the molecule is Cc1cc2c([nH]1)=CCCC=2. The zero-order chi connectivity index (χ0) is 6.97. The maximum atomic E-state index is 3.31. The zero-order valence-corrected chi connectivity index (χ0v) is 6.15. The predicted molar refractivity (Wildman–Crippen MR) is 42.9 cm³/mol. The Kier molecular flexibility index (Phi) is 1.16. The van der Waals surface area contributed by atoms with Crippen LogP contribution in [-0.2, 0) is 0 Å². The van der Waals surface area contributed by atoms with Gasteiger partial charge in [0.15, 0.2) is 0 Å². The van der Waals surface area contributed by atoms with E-state index in [1.54, 1.807) is 0 Å². The molecule has 10 heavy (non-hydrogen) atoms. The largest absolute Gasteiger partial charge is 0.359 e. The van der Waals surface area contributed by atoms with Crippen molar-refractivity contribution in [3.05, 3.63) is 22.3 Å². The fourth-order valence-electron chi connectivity index (χ4n) is 1.44. The van der Waals surface area contributed by atoms with Crippen molar-refractivity contribution in [2.24, 2.45) is 0 Å². The van der Waals surface area contributed by atoms with Crippen LogP contribution in [0.5, 0.6) is 0 Å². The van der Waals surface area contributed by atoms with Gasteiger partial charge in [0, 0.05) is 11.0 Å². The van der Waals surface area contributed by atoms with Crippen molar-refractivity contribution < 1.29 is 0 Å². The summed E-state index contributed by atoms with van der Waals surface area (Å²) in [6, 6.07) is 2.20. The molecule has 0 saturated carbocycles. The third kappa shape index (κ3) is 0.783. The first kappa shape index (κ1) is 5.78. The summed E-state index contributed by atoms with van der Waals surface area (Å²) >= 11 is 0. The number of nitrogens with one attached hydrogen (secondary N) is 1. The molecule has 0 atom stereocenters. The topological polar surface area (TPSA) is 15.8 Å². The summed E-state index contributed by atoms with van der Waals surface area (Å²) in [6.07, 6.45) is 6.94. The van der Waals surface area contributed by atoms with Gasteiger partial charge in [0.2, 0.25) is 0 Å². The van der Waals surface area contributed by atoms with Crippen LogP contribution in [-0.4, -0.2) is 4.98 Å². The van der Waals surface area contributed by atoms with E-state index in [-0.39, 0.29) is 0 Å². The zero-order valence-electron chi connectivity index (χ0n) is 6.15. The molecule has 0 amide bonds. The summed E-state index contributed by atoms with van der Waals surface area (Å²) in [5, 5.41) is 2.69. The van der Waals surface area contributed by atoms with E-state index < -0.39 is 0 Å². The molecule has 1 aliphatic carbocycles. The van der Waals surface area contributed by atoms with Crippen molar-refractivity contribution in [2.75, 3.05) is 0 Å². The first-order valence-electron chi connectivity index (χ1n) is 3.72. The number of hydrogen-bond donors (Lipinski definition) is 1. The molecule has 52 valence electrons. The average molecular weight is 133 g/mol. The molecule has 1 aromatic heterocycles. The maximum absolute atomic E-state index is 3.31. The minimum atomic E-state index is 1.19. The lowest BCUT2D eigenvalue weighted by Gasteiger charge is -1.91. The van der Waals surface area contributed by atoms with Crippen LogP contribution in [0.1, 0.15) is 18.5 Å². The molecule has 0 fully saturated rings. The van der Waals surface area contributed by atoms with Gasteiger partial charge in [-0.15, -0.1) is 0 Å². The third-order valence-electron chi connectivity index (χ3n) is 1.89. The quantitative estimate of drug-likeness (QED) is 0.535. The summed E-state index contributed by atoms with van der Waals surface area (Å²) < 4.78 is 0. The summed E-state index contributed by atoms with van der Waals surface area (Å²) in [5.74, 6) is 0. The van der Waals surface area contributed by atoms with Gasteiger partial charge >= 0.3 is 0 Å². The van der Waals surface area contributed by atoms with Crippen molar-refractivity contribution >= 4 is 12.2 Å². The number of H-pyrrole nitrogens is 1. The Balaban J connectivity index is 2.83. The molecule has 0 radical (unpaired) electrons. The molecule has 0 unspecified atom stereocenters. The first-order valence-corrected chi connectivity index (χ1v) is 3.72. The van der Waals surface area contributed by atoms with E-state index in [9.17, 15) is 0 Å². The molecule has 0 aromatic carbocycles. The summed E-state index contributed by atoms with van der Waals surface area (Å²) in [7, 11) is 0. The van der Waals surface area contributed by atoms with Crippen molar-refractivity contribution in [1.29, 1.82) is 0 Å². The Morgan fingerprint density at radius 3 is 2.90 bits per heavy atom. The Labute approximate surface area is 60.1 Å². The second-order valence-corrected chi connectivity index (χ2v) is 2.81. The minimum absolute atomic E-state index is 1.19. The second-order valence-electron chi connectivity index (χ2n) is 2.81. The highest BCUT2D eigenvalue weighted by molar-refractivity contribution is 5.36. The molecule has 0 bridgehead atoms. The molecule has 1 heterocycles. The van der Waals surface area contributed by atoms with Crippen LogP contribution in [0.3, 0.4) is 0 Å². The van der Waals surface area contributed by atoms with Gasteiger partial charge in [-0.1, -0.05) is 12.2 Å². The fraction of sp³-hybridized carbons (Fsp3) is 0.333. The molecule has 1 N–H and O–H groups in total. The van der Waals surface area contributed by atoms with Gasteiger partial charge in [-0.05, 0) is 31.1 Å². The normalized spacial score (nSPS) is 15.3. The van der Waals surface area contributed by atoms with E-state index >= 15 is 0 Å². The van der Waals surface area contributed by atoms with E-state index in [0.29, 0.717) is 0 Å². The summed E-state index contributed by atoms with van der Waals surface area (Å²) in [4.78, 5) is 3.31. The van der Waals surface area contributed by atoms with E-state index in [1.165, 1.54) is 29.1 Å². The van der Waals surface area contributed by atoms with Crippen molar-refractivity contribution in [3.63, 3.8) is 0 Å². The lowest BCUT2D eigenvalue weighted by Crippen LogP contribution is -2.23. The van der Waals surface area contributed by atoms with Crippen molar-refractivity contribution in [2.45, 2.75) is 19.8 Å².